The first-order valence-corrected chi connectivity index (χ1v) is 9.92. The molecule has 2 fully saturated rings. The molecule has 2 aliphatic heterocycles. The summed E-state index contributed by atoms with van der Waals surface area (Å²) in [7, 11) is 1.70. The number of rotatable bonds is 4. The van der Waals surface area contributed by atoms with Crippen LogP contribution in [0.15, 0.2) is 30.5 Å². The lowest BCUT2D eigenvalue weighted by Gasteiger charge is -2.36. The number of aromatic nitrogens is 3. The van der Waals surface area contributed by atoms with Crippen LogP contribution in [-0.4, -0.2) is 61.6 Å². The summed E-state index contributed by atoms with van der Waals surface area (Å²) < 4.78 is 5.25. The van der Waals surface area contributed by atoms with Gasteiger partial charge >= 0.3 is 0 Å². The summed E-state index contributed by atoms with van der Waals surface area (Å²) in [5.41, 5.74) is 1.23. The number of piperazine rings is 1. The number of anilines is 3. The number of nitrogens with zero attached hydrogens (tertiary/aromatic N) is 6. The van der Waals surface area contributed by atoms with E-state index in [1.165, 1.54) is 31.4 Å². The van der Waals surface area contributed by atoms with Crippen molar-refractivity contribution in [2.24, 2.45) is 0 Å². The first-order valence-electron chi connectivity index (χ1n) is 9.92. The topological polar surface area (TPSA) is 57.6 Å². The molecule has 0 radical (unpaired) electrons. The van der Waals surface area contributed by atoms with E-state index in [2.05, 4.69) is 37.0 Å². The summed E-state index contributed by atoms with van der Waals surface area (Å²) in [5, 5.41) is 8.54. The van der Waals surface area contributed by atoms with E-state index >= 15 is 0 Å². The SMILES string of the molecule is COc1ccc(N2CCN(c3nncc(N4CCCCCC4)n3)CC2)cc1. The summed E-state index contributed by atoms with van der Waals surface area (Å²) in [4.78, 5) is 11.8. The Balaban J connectivity index is 1.39. The van der Waals surface area contributed by atoms with Crippen LogP contribution >= 0.6 is 0 Å². The van der Waals surface area contributed by atoms with Crippen molar-refractivity contribution in [2.45, 2.75) is 25.7 Å². The lowest BCUT2D eigenvalue weighted by Crippen LogP contribution is -2.47. The molecule has 0 amide bonds. The fourth-order valence-electron chi connectivity index (χ4n) is 3.83. The summed E-state index contributed by atoms with van der Waals surface area (Å²) >= 11 is 0. The number of ether oxygens (including phenoxy) is 1. The molecule has 4 rings (SSSR count). The number of methoxy groups -OCH3 is 1. The Morgan fingerprint density at radius 2 is 1.44 bits per heavy atom. The lowest BCUT2D eigenvalue weighted by atomic mass is 10.2. The van der Waals surface area contributed by atoms with Crippen molar-refractivity contribution in [3.8, 4) is 5.75 Å². The second-order valence-corrected chi connectivity index (χ2v) is 7.19. The van der Waals surface area contributed by atoms with Crippen molar-refractivity contribution in [3.63, 3.8) is 0 Å². The molecular weight excluding hydrogens is 340 g/mol. The highest BCUT2D eigenvalue weighted by molar-refractivity contribution is 5.51. The van der Waals surface area contributed by atoms with Gasteiger partial charge in [0.15, 0.2) is 5.82 Å². The van der Waals surface area contributed by atoms with Gasteiger partial charge in [-0.05, 0) is 37.1 Å². The van der Waals surface area contributed by atoms with Gasteiger partial charge in [0, 0.05) is 45.0 Å². The minimum Gasteiger partial charge on any atom is -0.497 e. The molecule has 1 aromatic carbocycles. The van der Waals surface area contributed by atoms with Gasteiger partial charge in [0.25, 0.3) is 0 Å². The Bertz CT molecular complexity index is 722. The lowest BCUT2D eigenvalue weighted by molar-refractivity contribution is 0.415. The molecule has 7 nitrogen and oxygen atoms in total. The largest absolute Gasteiger partial charge is 0.497 e. The zero-order chi connectivity index (χ0) is 18.5. The van der Waals surface area contributed by atoms with Crippen LogP contribution in [-0.2, 0) is 0 Å². The van der Waals surface area contributed by atoms with Crippen molar-refractivity contribution < 1.29 is 4.74 Å². The Morgan fingerprint density at radius 1 is 0.778 bits per heavy atom. The number of hydrogen-bond donors (Lipinski definition) is 0. The van der Waals surface area contributed by atoms with Crippen LogP contribution in [0, 0.1) is 0 Å². The first kappa shape index (κ1) is 17.8. The third-order valence-electron chi connectivity index (χ3n) is 5.47. The molecule has 2 saturated heterocycles. The monoisotopic (exact) mass is 368 g/mol. The van der Waals surface area contributed by atoms with Gasteiger partial charge in [0.2, 0.25) is 5.95 Å². The highest BCUT2D eigenvalue weighted by atomic mass is 16.5. The van der Waals surface area contributed by atoms with Gasteiger partial charge in [-0.3, -0.25) is 0 Å². The highest BCUT2D eigenvalue weighted by Gasteiger charge is 2.21. The standard InChI is InChI=1S/C20H28N6O/c1-27-18-8-6-17(7-9-18)24-12-14-26(15-13-24)20-22-19(16-21-23-20)25-10-4-2-3-5-11-25/h6-9,16H,2-5,10-15H2,1H3. The van der Waals surface area contributed by atoms with E-state index < -0.39 is 0 Å². The molecule has 3 heterocycles. The molecule has 2 aromatic rings. The van der Waals surface area contributed by atoms with E-state index in [0.29, 0.717) is 0 Å². The van der Waals surface area contributed by atoms with Crippen molar-refractivity contribution in [1.82, 2.24) is 15.2 Å². The van der Waals surface area contributed by atoms with Crippen LogP contribution in [0.3, 0.4) is 0 Å². The third-order valence-corrected chi connectivity index (χ3v) is 5.47. The third kappa shape index (κ3) is 4.23. The Kier molecular flexibility index (Phi) is 5.55. The van der Waals surface area contributed by atoms with Crippen molar-refractivity contribution in [3.05, 3.63) is 30.5 Å². The summed E-state index contributed by atoms with van der Waals surface area (Å²) in [6.45, 7) is 5.84. The predicted molar refractivity (Wildman–Crippen MR) is 108 cm³/mol. The van der Waals surface area contributed by atoms with E-state index in [4.69, 9.17) is 9.72 Å². The van der Waals surface area contributed by atoms with E-state index in [9.17, 15) is 0 Å². The minimum absolute atomic E-state index is 0.756. The molecule has 0 unspecified atom stereocenters. The van der Waals surface area contributed by atoms with Gasteiger partial charge in [-0.1, -0.05) is 12.8 Å². The summed E-state index contributed by atoms with van der Waals surface area (Å²) in [6, 6.07) is 8.26. The second-order valence-electron chi connectivity index (χ2n) is 7.19. The molecule has 144 valence electrons. The fraction of sp³-hybridized carbons (Fsp3) is 0.550. The van der Waals surface area contributed by atoms with Crippen LogP contribution < -0.4 is 19.4 Å². The van der Waals surface area contributed by atoms with Gasteiger partial charge in [0.05, 0.1) is 13.3 Å². The van der Waals surface area contributed by atoms with E-state index in [1.54, 1.807) is 7.11 Å². The molecule has 0 spiro atoms. The smallest absolute Gasteiger partial charge is 0.247 e. The normalized spacial score (nSPS) is 18.3. The first-order chi connectivity index (χ1) is 13.3. The van der Waals surface area contributed by atoms with Crippen LogP contribution in [0.25, 0.3) is 0 Å². The van der Waals surface area contributed by atoms with Gasteiger partial charge in [-0.25, -0.2) is 0 Å². The maximum Gasteiger partial charge on any atom is 0.247 e. The Hall–Kier alpha value is -2.57. The summed E-state index contributed by atoms with van der Waals surface area (Å²) in [6.07, 6.45) is 6.91. The molecule has 0 saturated carbocycles. The van der Waals surface area contributed by atoms with Crippen LogP contribution in [0.1, 0.15) is 25.7 Å². The molecule has 1 aromatic heterocycles. The van der Waals surface area contributed by atoms with Crippen molar-refractivity contribution in [2.75, 3.05) is 61.1 Å². The Labute approximate surface area is 161 Å². The van der Waals surface area contributed by atoms with E-state index in [-0.39, 0.29) is 0 Å². The zero-order valence-electron chi connectivity index (χ0n) is 16.0. The second kappa shape index (κ2) is 8.41. The average molecular weight is 368 g/mol. The molecule has 0 bridgehead atoms. The van der Waals surface area contributed by atoms with E-state index in [0.717, 1.165) is 56.8 Å². The average Bonchev–Trinajstić information content (AvgIpc) is 3.04. The molecule has 27 heavy (non-hydrogen) atoms. The summed E-state index contributed by atoms with van der Waals surface area (Å²) in [5.74, 6) is 2.62. The molecule has 7 heteroatoms. The highest BCUT2D eigenvalue weighted by Crippen LogP contribution is 2.23. The molecule has 0 N–H and O–H groups in total. The molecule has 0 aliphatic carbocycles. The van der Waals surface area contributed by atoms with Gasteiger partial charge in [0.1, 0.15) is 5.75 Å². The molecular formula is C20H28N6O. The predicted octanol–water partition coefficient (Wildman–Crippen LogP) is 2.59. The van der Waals surface area contributed by atoms with Crippen LogP contribution in [0.2, 0.25) is 0 Å². The minimum atomic E-state index is 0.756. The van der Waals surface area contributed by atoms with E-state index in [1.807, 2.05) is 18.3 Å². The maximum absolute atomic E-state index is 5.25. The zero-order valence-corrected chi connectivity index (χ0v) is 16.0. The molecule has 0 atom stereocenters. The van der Waals surface area contributed by atoms with Gasteiger partial charge in [-0.2, -0.15) is 10.1 Å². The van der Waals surface area contributed by atoms with Crippen LogP contribution in [0.4, 0.5) is 17.5 Å². The van der Waals surface area contributed by atoms with Crippen molar-refractivity contribution in [1.29, 1.82) is 0 Å². The van der Waals surface area contributed by atoms with Gasteiger partial charge in [-0.15, -0.1) is 5.10 Å². The van der Waals surface area contributed by atoms with Crippen LogP contribution in [0.5, 0.6) is 5.75 Å². The fourth-order valence-corrected chi connectivity index (χ4v) is 3.83. The number of hydrogen-bond acceptors (Lipinski definition) is 7. The van der Waals surface area contributed by atoms with Crippen molar-refractivity contribution >= 4 is 17.5 Å². The quantitative estimate of drug-likeness (QED) is 0.822. The Morgan fingerprint density at radius 3 is 2.11 bits per heavy atom. The molecule has 2 aliphatic rings. The number of benzene rings is 1. The van der Waals surface area contributed by atoms with Gasteiger partial charge < -0.3 is 19.4 Å². The maximum atomic E-state index is 5.25.